The Morgan fingerprint density at radius 1 is 1.44 bits per heavy atom. The number of nitrogens with zero attached hydrogens (tertiary/aromatic N) is 1. The van der Waals surface area contributed by atoms with E-state index in [2.05, 4.69) is 12.2 Å². The lowest BCUT2D eigenvalue weighted by atomic mass is 10.2. The van der Waals surface area contributed by atoms with Crippen LogP contribution in [-0.2, 0) is 10.0 Å². The van der Waals surface area contributed by atoms with Gasteiger partial charge in [0, 0.05) is 19.5 Å². The van der Waals surface area contributed by atoms with Gasteiger partial charge in [-0.1, -0.05) is 26.1 Å². The van der Waals surface area contributed by atoms with Crippen molar-refractivity contribution < 1.29 is 17.2 Å². The van der Waals surface area contributed by atoms with E-state index in [1.807, 2.05) is 0 Å². The summed E-state index contributed by atoms with van der Waals surface area (Å²) >= 11 is 4.58. The molecule has 2 N–H and O–H groups in total. The van der Waals surface area contributed by atoms with E-state index >= 15 is 0 Å². The zero-order chi connectivity index (χ0) is 12.9. The van der Waals surface area contributed by atoms with Crippen LogP contribution in [0.3, 0.4) is 0 Å². The van der Waals surface area contributed by atoms with Crippen molar-refractivity contribution in [1.29, 1.82) is 0 Å². The van der Waals surface area contributed by atoms with Gasteiger partial charge < -0.3 is 5.73 Å². The quantitative estimate of drug-likeness (QED) is 0.708. The van der Waals surface area contributed by atoms with Gasteiger partial charge in [-0.2, -0.15) is 13.1 Å². The topological polar surface area (TPSA) is 63.4 Å². The third kappa shape index (κ3) is 5.13. The van der Waals surface area contributed by atoms with Crippen molar-refractivity contribution in [2.75, 3.05) is 13.1 Å². The van der Waals surface area contributed by atoms with Crippen molar-refractivity contribution in [2.45, 2.75) is 26.0 Å². The first kappa shape index (κ1) is 15.7. The van der Waals surface area contributed by atoms with E-state index in [1.54, 1.807) is 13.8 Å². The van der Waals surface area contributed by atoms with Crippen molar-refractivity contribution in [3.63, 3.8) is 0 Å². The molecule has 96 valence electrons. The molecule has 0 rings (SSSR count). The van der Waals surface area contributed by atoms with Gasteiger partial charge in [-0.25, -0.2) is 8.42 Å². The second-order valence-corrected chi connectivity index (χ2v) is 6.20. The molecule has 0 aromatic heterocycles. The van der Waals surface area contributed by atoms with Gasteiger partial charge in [-0.15, -0.1) is 0 Å². The summed E-state index contributed by atoms with van der Waals surface area (Å²) in [6.45, 7) is 3.43. The molecular formula is C8H16F2N2O2S2. The van der Waals surface area contributed by atoms with Crippen LogP contribution in [-0.4, -0.2) is 36.6 Å². The molecule has 0 spiro atoms. The molecule has 4 nitrogen and oxygen atoms in total. The maximum absolute atomic E-state index is 12.3. The number of thiocarbonyl (C=S) groups is 1. The molecule has 0 radical (unpaired) electrons. The second kappa shape index (κ2) is 6.41. The van der Waals surface area contributed by atoms with Gasteiger partial charge in [-0.3, -0.25) is 0 Å². The zero-order valence-corrected chi connectivity index (χ0v) is 10.8. The van der Waals surface area contributed by atoms with E-state index in [4.69, 9.17) is 5.73 Å². The van der Waals surface area contributed by atoms with E-state index in [0.29, 0.717) is 0 Å². The molecule has 0 fully saturated rings. The van der Waals surface area contributed by atoms with Crippen LogP contribution in [0.15, 0.2) is 0 Å². The summed E-state index contributed by atoms with van der Waals surface area (Å²) in [6, 6.07) is 0. The molecule has 0 heterocycles. The predicted molar refractivity (Wildman–Crippen MR) is 62.7 cm³/mol. The molecule has 0 saturated heterocycles. The third-order valence-electron chi connectivity index (χ3n) is 1.76. The number of halogens is 2. The van der Waals surface area contributed by atoms with Gasteiger partial charge >= 0.3 is 5.76 Å². The van der Waals surface area contributed by atoms with Crippen LogP contribution in [0.25, 0.3) is 0 Å². The minimum Gasteiger partial charge on any atom is -0.393 e. The molecule has 0 aromatic rings. The Bertz CT molecular complexity index is 331. The van der Waals surface area contributed by atoms with E-state index in [-0.39, 0.29) is 30.4 Å². The third-order valence-corrected chi connectivity index (χ3v) is 3.47. The van der Waals surface area contributed by atoms with Gasteiger partial charge in [0.1, 0.15) is 0 Å². The van der Waals surface area contributed by atoms with Gasteiger partial charge in [-0.05, 0) is 5.92 Å². The largest absolute Gasteiger partial charge is 0.393 e. The highest BCUT2D eigenvalue weighted by atomic mass is 32.2. The summed E-state index contributed by atoms with van der Waals surface area (Å²) in [5.41, 5.74) is 5.21. The summed E-state index contributed by atoms with van der Waals surface area (Å²) < 4.78 is 48.0. The Morgan fingerprint density at radius 3 is 2.25 bits per heavy atom. The lowest BCUT2D eigenvalue weighted by Gasteiger charge is -2.23. The Labute approximate surface area is 99.8 Å². The second-order valence-electron chi connectivity index (χ2n) is 3.77. The minimum absolute atomic E-state index is 0.0370. The average Bonchev–Trinajstić information content (AvgIpc) is 2.10. The van der Waals surface area contributed by atoms with Crippen LogP contribution in [0.4, 0.5) is 8.78 Å². The maximum Gasteiger partial charge on any atom is 0.350 e. The van der Waals surface area contributed by atoms with Crippen LogP contribution < -0.4 is 5.73 Å². The van der Waals surface area contributed by atoms with Crippen molar-refractivity contribution in [2.24, 2.45) is 11.7 Å². The molecule has 16 heavy (non-hydrogen) atoms. The van der Waals surface area contributed by atoms with Crippen LogP contribution >= 0.6 is 12.2 Å². The number of alkyl halides is 2. The van der Waals surface area contributed by atoms with Crippen molar-refractivity contribution >= 4 is 27.2 Å². The number of nitrogens with two attached hydrogens (primary N) is 1. The predicted octanol–water partition coefficient (Wildman–Crippen LogP) is 1.17. The first-order valence-electron chi connectivity index (χ1n) is 4.73. The van der Waals surface area contributed by atoms with Gasteiger partial charge in [0.15, 0.2) is 0 Å². The first-order chi connectivity index (χ1) is 7.17. The zero-order valence-electron chi connectivity index (χ0n) is 9.19. The summed E-state index contributed by atoms with van der Waals surface area (Å²) in [4.78, 5) is 0.109. The summed E-state index contributed by atoms with van der Waals surface area (Å²) in [6.07, 6.45) is 0.105. The molecule has 0 aliphatic rings. The average molecular weight is 274 g/mol. The molecule has 0 amide bonds. The fourth-order valence-electron chi connectivity index (χ4n) is 1.08. The van der Waals surface area contributed by atoms with Crippen molar-refractivity contribution in [3.05, 3.63) is 0 Å². The molecule has 0 unspecified atom stereocenters. The van der Waals surface area contributed by atoms with Crippen LogP contribution in [0, 0.1) is 5.92 Å². The first-order valence-corrected chi connectivity index (χ1v) is 6.64. The number of rotatable bonds is 7. The van der Waals surface area contributed by atoms with Crippen LogP contribution in [0.2, 0.25) is 0 Å². The standard InChI is InChI=1S/C8H16F2N2O2S2/c1-6(2)5-12(4-3-7(11)15)16(13,14)8(9)10/h6,8H,3-5H2,1-2H3,(H2,11,15). The van der Waals surface area contributed by atoms with Crippen molar-refractivity contribution in [1.82, 2.24) is 4.31 Å². The van der Waals surface area contributed by atoms with Gasteiger partial charge in [0.05, 0.1) is 4.99 Å². The molecule has 0 aliphatic heterocycles. The van der Waals surface area contributed by atoms with E-state index in [9.17, 15) is 17.2 Å². The number of hydrogen-bond acceptors (Lipinski definition) is 3. The van der Waals surface area contributed by atoms with E-state index in [1.165, 1.54) is 0 Å². The number of hydrogen-bond donors (Lipinski definition) is 1. The SMILES string of the molecule is CC(C)CN(CCC(N)=S)S(=O)(=O)C(F)F. The van der Waals surface area contributed by atoms with E-state index in [0.717, 1.165) is 4.31 Å². The minimum atomic E-state index is -4.54. The summed E-state index contributed by atoms with van der Waals surface area (Å²) in [5, 5.41) is 0. The maximum atomic E-state index is 12.3. The molecule has 8 heteroatoms. The Morgan fingerprint density at radius 2 is 1.94 bits per heavy atom. The molecule has 0 bridgehead atoms. The highest BCUT2D eigenvalue weighted by Gasteiger charge is 2.32. The smallest absolute Gasteiger partial charge is 0.350 e. The summed E-state index contributed by atoms with van der Waals surface area (Å²) in [7, 11) is -4.54. The highest BCUT2D eigenvalue weighted by Crippen LogP contribution is 2.14. The molecule has 0 aliphatic carbocycles. The van der Waals surface area contributed by atoms with E-state index < -0.39 is 15.8 Å². The monoisotopic (exact) mass is 274 g/mol. The fourth-order valence-corrected chi connectivity index (χ4v) is 2.25. The Hall–Kier alpha value is -0.340. The lowest BCUT2D eigenvalue weighted by molar-refractivity contribution is 0.216. The van der Waals surface area contributed by atoms with Gasteiger partial charge in [0.2, 0.25) is 0 Å². The molecular weight excluding hydrogens is 258 g/mol. The van der Waals surface area contributed by atoms with Crippen LogP contribution in [0.1, 0.15) is 20.3 Å². The Kier molecular flexibility index (Phi) is 6.27. The molecule has 0 aromatic carbocycles. The fraction of sp³-hybridized carbons (Fsp3) is 0.875. The van der Waals surface area contributed by atoms with Crippen molar-refractivity contribution in [3.8, 4) is 0 Å². The normalized spacial score (nSPS) is 12.7. The highest BCUT2D eigenvalue weighted by molar-refractivity contribution is 7.89. The van der Waals surface area contributed by atoms with Crippen LogP contribution in [0.5, 0.6) is 0 Å². The molecule has 0 atom stereocenters. The Balaban J connectivity index is 4.73. The molecule has 0 saturated carbocycles. The van der Waals surface area contributed by atoms with Gasteiger partial charge in [0.25, 0.3) is 10.0 Å². The number of sulfonamides is 1. The lowest BCUT2D eigenvalue weighted by Crippen LogP contribution is -2.39. The summed E-state index contributed by atoms with van der Waals surface area (Å²) in [5.74, 6) is -3.45.